The van der Waals surface area contributed by atoms with E-state index >= 15 is 0 Å². The molecule has 1 heterocycles. The monoisotopic (exact) mass is 253 g/mol. The summed E-state index contributed by atoms with van der Waals surface area (Å²) in [4.78, 5) is 0.559. The summed E-state index contributed by atoms with van der Waals surface area (Å²) in [7, 11) is -1.34. The fourth-order valence-corrected chi connectivity index (χ4v) is 5.36. The summed E-state index contributed by atoms with van der Waals surface area (Å²) in [6.07, 6.45) is 0.640. The number of sulfone groups is 1. The van der Waals surface area contributed by atoms with E-state index in [-0.39, 0.29) is 11.3 Å². The number of hydrogen-bond acceptors (Lipinski definition) is 3. The van der Waals surface area contributed by atoms with Crippen LogP contribution in [-0.4, -0.2) is 20.7 Å². The zero-order chi connectivity index (χ0) is 12.8. The van der Waals surface area contributed by atoms with Crippen molar-refractivity contribution < 1.29 is 8.42 Å². The van der Waals surface area contributed by atoms with Crippen LogP contribution in [0.2, 0.25) is 0 Å². The predicted octanol–water partition coefficient (Wildman–Crippen LogP) is 2.13. The van der Waals surface area contributed by atoms with Gasteiger partial charge in [0.15, 0.2) is 9.84 Å². The molecule has 1 N–H and O–H groups in total. The molecule has 2 rings (SSSR count). The van der Waals surface area contributed by atoms with E-state index in [9.17, 15) is 8.42 Å². The molecule has 0 amide bonds. The second-order valence-electron chi connectivity index (χ2n) is 4.70. The van der Waals surface area contributed by atoms with Crippen LogP contribution in [-0.2, 0) is 9.84 Å². The Labute approximate surface area is 103 Å². The first kappa shape index (κ1) is 12.6. The molecule has 0 saturated heterocycles. The lowest BCUT2D eigenvalue weighted by molar-refractivity contribution is 0.527. The number of hydrogen-bond donors (Lipinski definition) is 1. The molecule has 4 heteroatoms. The van der Waals surface area contributed by atoms with Gasteiger partial charge in [0.25, 0.3) is 0 Å². The third kappa shape index (κ3) is 1.62. The van der Waals surface area contributed by atoms with E-state index in [1.807, 2.05) is 40.0 Å². The number of benzene rings is 1. The first-order chi connectivity index (χ1) is 7.95. The molecule has 94 valence electrons. The van der Waals surface area contributed by atoms with Crippen molar-refractivity contribution in [2.75, 3.05) is 7.05 Å². The maximum atomic E-state index is 12.5. The predicted molar refractivity (Wildman–Crippen MR) is 69.0 cm³/mol. The zero-order valence-electron chi connectivity index (χ0n) is 10.7. The fourth-order valence-electron chi connectivity index (χ4n) is 2.87. The van der Waals surface area contributed by atoms with Gasteiger partial charge in [0.1, 0.15) is 0 Å². The average Bonchev–Trinajstić information content (AvgIpc) is 2.51. The van der Waals surface area contributed by atoms with Gasteiger partial charge in [-0.25, -0.2) is 8.42 Å². The molecule has 2 atom stereocenters. The normalized spacial score (nSPS) is 25.9. The number of aryl methyl sites for hydroxylation is 2. The van der Waals surface area contributed by atoms with Crippen molar-refractivity contribution in [1.82, 2.24) is 5.32 Å². The zero-order valence-corrected chi connectivity index (χ0v) is 11.6. The minimum Gasteiger partial charge on any atom is -0.312 e. The highest BCUT2D eigenvalue weighted by molar-refractivity contribution is 7.92. The molecule has 2 unspecified atom stereocenters. The van der Waals surface area contributed by atoms with Crippen molar-refractivity contribution in [1.29, 1.82) is 0 Å². The van der Waals surface area contributed by atoms with Gasteiger partial charge >= 0.3 is 0 Å². The lowest BCUT2D eigenvalue weighted by Gasteiger charge is -2.17. The molecule has 1 aliphatic rings. The number of rotatable bonds is 2. The molecule has 17 heavy (non-hydrogen) atoms. The van der Waals surface area contributed by atoms with Gasteiger partial charge in [0, 0.05) is 0 Å². The van der Waals surface area contributed by atoms with E-state index in [2.05, 4.69) is 5.32 Å². The highest BCUT2D eigenvalue weighted by Gasteiger charge is 2.44. The van der Waals surface area contributed by atoms with Crippen molar-refractivity contribution in [2.45, 2.75) is 43.4 Å². The Bertz CT molecular complexity index is 549. The minimum atomic E-state index is -3.17. The standard InChI is InChI=1S/C13H19NO2S/c1-5-10-12(14-4)11-8(2)6-7-9(3)13(11)17(10,15)16/h6-7,10,12,14H,5H2,1-4H3. The second-order valence-corrected chi connectivity index (χ2v) is 6.80. The minimum absolute atomic E-state index is 0.0695. The summed E-state index contributed by atoms with van der Waals surface area (Å²) in [6, 6.07) is 3.84. The summed E-state index contributed by atoms with van der Waals surface area (Å²) >= 11 is 0. The number of nitrogens with one attached hydrogen (secondary N) is 1. The van der Waals surface area contributed by atoms with E-state index < -0.39 is 9.84 Å². The van der Waals surface area contributed by atoms with Gasteiger partial charge in [-0.15, -0.1) is 0 Å². The molecule has 1 aromatic rings. The van der Waals surface area contributed by atoms with Crippen molar-refractivity contribution >= 4 is 9.84 Å². The van der Waals surface area contributed by atoms with E-state index in [1.54, 1.807) is 0 Å². The molecular formula is C13H19NO2S. The summed E-state index contributed by atoms with van der Waals surface area (Å²) in [5.74, 6) is 0. The lowest BCUT2D eigenvalue weighted by Crippen LogP contribution is -2.29. The highest BCUT2D eigenvalue weighted by Crippen LogP contribution is 2.43. The Balaban J connectivity index is 2.80. The SMILES string of the molecule is CCC1C(NC)c2c(C)ccc(C)c2S1(=O)=O. The first-order valence-corrected chi connectivity index (χ1v) is 7.51. The Hall–Kier alpha value is -0.870. The molecular weight excluding hydrogens is 234 g/mol. The molecule has 0 aromatic heterocycles. The molecule has 3 nitrogen and oxygen atoms in total. The van der Waals surface area contributed by atoms with Gasteiger partial charge < -0.3 is 5.32 Å². The molecule has 0 saturated carbocycles. The van der Waals surface area contributed by atoms with Crippen LogP contribution >= 0.6 is 0 Å². The topological polar surface area (TPSA) is 46.2 Å². The van der Waals surface area contributed by atoms with Crippen LogP contribution in [0.25, 0.3) is 0 Å². The molecule has 1 aliphatic heterocycles. The van der Waals surface area contributed by atoms with Crippen molar-refractivity contribution in [3.8, 4) is 0 Å². The quantitative estimate of drug-likeness (QED) is 0.878. The second kappa shape index (κ2) is 4.10. The maximum Gasteiger partial charge on any atom is 0.183 e. The third-order valence-corrected chi connectivity index (χ3v) is 6.20. The Morgan fingerprint density at radius 1 is 1.24 bits per heavy atom. The Kier molecular flexibility index (Phi) is 3.04. The Morgan fingerprint density at radius 3 is 2.35 bits per heavy atom. The fraction of sp³-hybridized carbons (Fsp3) is 0.538. The van der Waals surface area contributed by atoms with Gasteiger partial charge in [-0.1, -0.05) is 19.1 Å². The van der Waals surface area contributed by atoms with Crippen LogP contribution in [0.4, 0.5) is 0 Å². The van der Waals surface area contributed by atoms with Gasteiger partial charge in [0.05, 0.1) is 16.2 Å². The third-order valence-electron chi connectivity index (χ3n) is 3.69. The van der Waals surface area contributed by atoms with Crippen LogP contribution in [0, 0.1) is 13.8 Å². The lowest BCUT2D eigenvalue weighted by atomic mass is 9.96. The van der Waals surface area contributed by atoms with Crippen molar-refractivity contribution in [2.24, 2.45) is 0 Å². The maximum absolute atomic E-state index is 12.5. The highest BCUT2D eigenvalue weighted by atomic mass is 32.2. The first-order valence-electron chi connectivity index (χ1n) is 5.96. The van der Waals surface area contributed by atoms with E-state index in [0.29, 0.717) is 11.3 Å². The van der Waals surface area contributed by atoms with Crippen LogP contribution in [0.1, 0.15) is 36.1 Å². The smallest absolute Gasteiger partial charge is 0.183 e. The number of fused-ring (bicyclic) bond motifs is 1. The molecule has 0 bridgehead atoms. The summed E-state index contributed by atoms with van der Waals surface area (Å²) < 4.78 is 25.0. The van der Waals surface area contributed by atoms with Crippen LogP contribution in [0.5, 0.6) is 0 Å². The summed E-state index contributed by atoms with van der Waals surface area (Å²) in [5.41, 5.74) is 2.89. The van der Waals surface area contributed by atoms with E-state index in [0.717, 1.165) is 16.7 Å². The summed E-state index contributed by atoms with van der Waals surface area (Å²) in [5, 5.41) is 2.83. The van der Waals surface area contributed by atoms with Crippen molar-refractivity contribution in [3.05, 3.63) is 28.8 Å². The average molecular weight is 253 g/mol. The molecule has 1 aromatic carbocycles. The van der Waals surface area contributed by atoms with Gasteiger partial charge in [-0.2, -0.15) is 0 Å². The molecule has 0 radical (unpaired) electrons. The molecule has 0 fully saturated rings. The van der Waals surface area contributed by atoms with E-state index in [4.69, 9.17) is 0 Å². The molecule has 0 aliphatic carbocycles. The molecule has 0 spiro atoms. The van der Waals surface area contributed by atoms with Gasteiger partial charge in [-0.05, 0) is 44.0 Å². The van der Waals surface area contributed by atoms with E-state index in [1.165, 1.54) is 0 Å². The van der Waals surface area contributed by atoms with Crippen LogP contribution in [0.15, 0.2) is 17.0 Å². The van der Waals surface area contributed by atoms with Crippen molar-refractivity contribution in [3.63, 3.8) is 0 Å². The Morgan fingerprint density at radius 2 is 1.82 bits per heavy atom. The van der Waals surface area contributed by atoms with Crippen LogP contribution < -0.4 is 5.32 Å². The van der Waals surface area contributed by atoms with Gasteiger partial charge in [0.2, 0.25) is 0 Å². The van der Waals surface area contributed by atoms with Crippen LogP contribution in [0.3, 0.4) is 0 Å². The van der Waals surface area contributed by atoms with Gasteiger partial charge in [-0.3, -0.25) is 0 Å². The summed E-state index contributed by atoms with van der Waals surface area (Å²) in [6.45, 7) is 5.79. The largest absolute Gasteiger partial charge is 0.312 e.